The van der Waals surface area contributed by atoms with E-state index < -0.39 is 13.9 Å². The summed E-state index contributed by atoms with van der Waals surface area (Å²) in [7, 11) is -4.59. The number of aromatic amines is 1. The van der Waals surface area contributed by atoms with Crippen molar-refractivity contribution in [2.75, 3.05) is 6.61 Å². The van der Waals surface area contributed by atoms with Gasteiger partial charge in [-0.1, -0.05) is 64.0 Å². The summed E-state index contributed by atoms with van der Waals surface area (Å²) < 4.78 is 15.6. The number of carbonyl (C=O) groups excluding carboxylic acids is 1. The molecule has 8 nitrogen and oxygen atoms in total. The van der Waals surface area contributed by atoms with Crippen molar-refractivity contribution in [1.82, 2.24) is 15.3 Å². The summed E-state index contributed by atoms with van der Waals surface area (Å²) in [6.45, 7) is 1.98. The van der Waals surface area contributed by atoms with Crippen LogP contribution in [-0.2, 0) is 20.3 Å². The summed E-state index contributed by atoms with van der Waals surface area (Å²) in [6, 6.07) is -0.535. The highest BCUT2D eigenvalue weighted by molar-refractivity contribution is 7.46. The maximum Gasteiger partial charge on any atom is 0.469 e. The number of phosphoric acid groups is 1. The van der Waals surface area contributed by atoms with Crippen molar-refractivity contribution in [3.63, 3.8) is 0 Å². The molecule has 1 aromatic heterocycles. The molecule has 0 aliphatic rings. The Bertz CT molecular complexity index is 661. The Morgan fingerprint density at radius 3 is 2.31 bits per heavy atom. The molecule has 0 saturated carbocycles. The van der Waals surface area contributed by atoms with Gasteiger partial charge in [-0.15, -0.1) is 0 Å². The highest BCUT2D eigenvalue weighted by atomic mass is 31.2. The van der Waals surface area contributed by atoms with Crippen LogP contribution in [0, 0.1) is 0 Å². The van der Waals surface area contributed by atoms with Gasteiger partial charge < -0.3 is 20.1 Å². The molecule has 184 valence electrons. The molecule has 1 rings (SSSR count). The molecule has 1 atom stereocenters. The normalized spacial score (nSPS) is 13.0. The van der Waals surface area contributed by atoms with Gasteiger partial charge in [0, 0.05) is 24.7 Å². The van der Waals surface area contributed by atoms with Crippen LogP contribution >= 0.6 is 7.82 Å². The van der Waals surface area contributed by atoms with Crippen LogP contribution in [0.1, 0.15) is 96.1 Å². The lowest BCUT2D eigenvalue weighted by Crippen LogP contribution is -2.39. The van der Waals surface area contributed by atoms with Crippen LogP contribution in [0.2, 0.25) is 0 Å². The Morgan fingerprint density at radius 2 is 1.72 bits per heavy atom. The molecule has 0 aromatic carbocycles. The molecule has 0 aliphatic heterocycles. The number of nitrogens with one attached hydrogen (secondary N) is 2. The molecule has 4 N–H and O–H groups in total. The zero-order chi connectivity index (χ0) is 23.5. The average Bonchev–Trinajstić information content (AvgIpc) is 3.25. The van der Waals surface area contributed by atoms with E-state index in [-0.39, 0.29) is 12.5 Å². The van der Waals surface area contributed by atoms with E-state index in [4.69, 9.17) is 9.79 Å². The number of phosphoric ester groups is 1. The maximum atomic E-state index is 12.2. The summed E-state index contributed by atoms with van der Waals surface area (Å²) >= 11 is 0. The molecule has 32 heavy (non-hydrogen) atoms. The second-order valence-electron chi connectivity index (χ2n) is 8.31. The smallest absolute Gasteiger partial charge is 0.351 e. The molecule has 0 saturated heterocycles. The first kappa shape index (κ1) is 28.6. The molecule has 0 bridgehead atoms. The van der Waals surface area contributed by atoms with Crippen LogP contribution < -0.4 is 5.32 Å². The first-order chi connectivity index (χ1) is 15.4. The molecular weight excluding hydrogens is 429 g/mol. The van der Waals surface area contributed by atoms with Gasteiger partial charge >= 0.3 is 7.82 Å². The monoisotopic (exact) mass is 471 g/mol. The number of nitrogens with zero attached hydrogens (tertiary/aromatic N) is 1. The zero-order valence-corrected chi connectivity index (χ0v) is 20.4. The SMILES string of the molecule is CCCCCCCC/C=C\CCCCCCC(=O)N[C@H](COP(=O)(O)O)Cc1cnc[nH]1. The second-order valence-corrected chi connectivity index (χ2v) is 9.55. The van der Waals surface area contributed by atoms with E-state index in [0.29, 0.717) is 12.8 Å². The molecule has 1 heterocycles. The standard InChI is InChI=1S/C23H42N3O5P/c1-2-3-4-5-6-7-8-9-10-11-12-13-14-15-16-23(27)26-22(19-31-32(28,29)30)17-21-18-24-20-25-21/h9-10,18,20,22H,2-8,11-17,19H2,1H3,(H,24,25)(H,26,27)(H2,28,29,30)/b10-9-/t22-/m0/s1. The second kappa shape index (κ2) is 18.0. The molecule has 1 aromatic rings. The van der Waals surface area contributed by atoms with Gasteiger partial charge in [0.15, 0.2) is 0 Å². The van der Waals surface area contributed by atoms with Gasteiger partial charge in [-0.25, -0.2) is 9.55 Å². The van der Waals surface area contributed by atoms with Crippen LogP contribution in [0.3, 0.4) is 0 Å². The van der Waals surface area contributed by atoms with Crippen molar-refractivity contribution >= 4 is 13.7 Å². The number of aromatic nitrogens is 2. The van der Waals surface area contributed by atoms with E-state index in [0.717, 1.165) is 37.8 Å². The fourth-order valence-corrected chi connectivity index (χ4v) is 3.85. The summed E-state index contributed by atoms with van der Waals surface area (Å²) in [5.41, 5.74) is 0.758. The van der Waals surface area contributed by atoms with E-state index in [1.165, 1.54) is 51.3 Å². The minimum absolute atomic E-state index is 0.136. The predicted octanol–water partition coefficient (Wildman–Crippen LogP) is 5.19. The molecule has 9 heteroatoms. The van der Waals surface area contributed by atoms with Crippen LogP contribution in [0.25, 0.3) is 0 Å². The zero-order valence-electron chi connectivity index (χ0n) is 19.5. The number of imidazole rings is 1. The van der Waals surface area contributed by atoms with Crippen molar-refractivity contribution in [2.24, 2.45) is 0 Å². The fraction of sp³-hybridized carbons (Fsp3) is 0.739. The lowest BCUT2D eigenvalue weighted by molar-refractivity contribution is -0.122. The Morgan fingerprint density at radius 1 is 1.09 bits per heavy atom. The molecular formula is C23H42N3O5P. The van der Waals surface area contributed by atoms with E-state index >= 15 is 0 Å². The Labute approximate surface area is 192 Å². The van der Waals surface area contributed by atoms with Crippen LogP contribution in [-0.4, -0.2) is 38.3 Å². The van der Waals surface area contributed by atoms with Gasteiger partial charge in [-0.05, 0) is 32.1 Å². The number of amides is 1. The lowest BCUT2D eigenvalue weighted by atomic mass is 10.1. The van der Waals surface area contributed by atoms with E-state index in [9.17, 15) is 9.36 Å². The average molecular weight is 472 g/mol. The number of H-pyrrole nitrogens is 1. The first-order valence-electron chi connectivity index (χ1n) is 12.0. The number of unbranched alkanes of at least 4 members (excludes halogenated alkanes) is 10. The molecule has 0 radical (unpaired) electrons. The summed E-state index contributed by atoms with van der Waals surface area (Å²) in [6.07, 6.45) is 22.7. The van der Waals surface area contributed by atoms with Crippen molar-refractivity contribution in [1.29, 1.82) is 0 Å². The molecule has 1 amide bonds. The van der Waals surface area contributed by atoms with Crippen molar-refractivity contribution in [3.8, 4) is 0 Å². The summed E-state index contributed by atoms with van der Waals surface area (Å²) in [5, 5.41) is 2.81. The number of allylic oxidation sites excluding steroid dienone is 2. The van der Waals surface area contributed by atoms with E-state index in [2.05, 4.69) is 38.9 Å². The number of carbonyl (C=O) groups is 1. The Hall–Kier alpha value is -1.47. The van der Waals surface area contributed by atoms with E-state index in [1.54, 1.807) is 6.20 Å². The molecule has 0 fully saturated rings. The van der Waals surface area contributed by atoms with Gasteiger partial charge in [0.1, 0.15) is 0 Å². The largest absolute Gasteiger partial charge is 0.469 e. The topological polar surface area (TPSA) is 125 Å². The van der Waals surface area contributed by atoms with Gasteiger partial charge in [-0.3, -0.25) is 9.32 Å². The quantitative estimate of drug-likeness (QED) is 0.118. The first-order valence-corrected chi connectivity index (χ1v) is 13.6. The molecule has 0 spiro atoms. The van der Waals surface area contributed by atoms with Crippen molar-refractivity contribution in [3.05, 3.63) is 30.4 Å². The predicted molar refractivity (Wildman–Crippen MR) is 127 cm³/mol. The van der Waals surface area contributed by atoms with Crippen LogP contribution in [0.5, 0.6) is 0 Å². The number of hydrogen-bond donors (Lipinski definition) is 4. The minimum Gasteiger partial charge on any atom is -0.351 e. The minimum atomic E-state index is -4.59. The Balaban J connectivity index is 2.10. The third kappa shape index (κ3) is 17.1. The Kier molecular flexibility index (Phi) is 16.1. The number of rotatable bonds is 20. The van der Waals surface area contributed by atoms with E-state index in [1.807, 2.05) is 0 Å². The van der Waals surface area contributed by atoms with Gasteiger partial charge in [0.2, 0.25) is 5.91 Å². The van der Waals surface area contributed by atoms with Crippen molar-refractivity contribution < 1.29 is 23.7 Å². The summed E-state index contributed by atoms with van der Waals surface area (Å²) in [5.74, 6) is -0.136. The fourth-order valence-electron chi connectivity index (χ4n) is 3.48. The van der Waals surface area contributed by atoms with Crippen molar-refractivity contribution in [2.45, 2.75) is 103 Å². The van der Waals surface area contributed by atoms with Gasteiger partial charge in [-0.2, -0.15) is 0 Å². The summed E-state index contributed by atoms with van der Waals surface area (Å²) in [4.78, 5) is 36.9. The molecule has 0 aliphatic carbocycles. The van der Waals surface area contributed by atoms with Gasteiger partial charge in [0.25, 0.3) is 0 Å². The third-order valence-electron chi connectivity index (χ3n) is 5.25. The lowest BCUT2D eigenvalue weighted by Gasteiger charge is -2.18. The van der Waals surface area contributed by atoms with Gasteiger partial charge in [0.05, 0.1) is 19.0 Å². The van der Waals surface area contributed by atoms with Crippen LogP contribution in [0.4, 0.5) is 0 Å². The number of hydrogen-bond acceptors (Lipinski definition) is 4. The highest BCUT2D eigenvalue weighted by Gasteiger charge is 2.20. The highest BCUT2D eigenvalue weighted by Crippen LogP contribution is 2.35. The van der Waals surface area contributed by atoms with Crippen LogP contribution in [0.15, 0.2) is 24.7 Å². The molecule has 0 unspecified atom stereocenters. The third-order valence-corrected chi connectivity index (χ3v) is 5.73. The maximum absolute atomic E-state index is 12.2.